The SMILES string of the molecule is O=S(=O)(NCc1cccnc1)c1cccc(Nc2nccc(NCCCN3CCOCC3)n2)c1. The smallest absolute Gasteiger partial charge is 0.240 e. The Hall–Kier alpha value is -3.12. The van der Waals surface area contributed by atoms with E-state index in [2.05, 4.69) is 35.2 Å². The van der Waals surface area contributed by atoms with Crippen LogP contribution in [0.15, 0.2) is 66.0 Å². The Kier molecular flexibility index (Phi) is 8.36. The first-order chi connectivity index (χ1) is 16.6. The van der Waals surface area contributed by atoms with E-state index in [0.717, 1.165) is 51.4 Å². The first-order valence-corrected chi connectivity index (χ1v) is 12.7. The predicted molar refractivity (Wildman–Crippen MR) is 130 cm³/mol. The molecule has 0 unspecified atom stereocenters. The number of pyridine rings is 1. The van der Waals surface area contributed by atoms with Gasteiger partial charge in [0.15, 0.2) is 0 Å². The summed E-state index contributed by atoms with van der Waals surface area (Å²) in [5.74, 6) is 1.09. The summed E-state index contributed by atoms with van der Waals surface area (Å²) in [5.41, 5.74) is 1.36. The highest BCUT2D eigenvalue weighted by molar-refractivity contribution is 7.89. The fourth-order valence-electron chi connectivity index (χ4n) is 3.50. The number of aromatic nitrogens is 3. The quantitative estimate of drug-likeness (QED) is 0.353. The molecule has 2 aromatic heterocycles. The molecule has 0 bridgehead atoms. The van der Waals surface area contributed by atoms with Crippen molar-refractivity contribution in [1.82, 2.24) is 24.6 Å². The normalized spacial score (nSPS) is 14.6. The third-order valence-electron chi connectivity index (χ3n) is 5.31. The van der Waals surface area contributed by atoms with Crippen molar-refractivity contribution >= 4 is 27.5 Å². The third-order valence-corrected chi connectivity index (χ3v) is 6.71. The van der Waals surface area contributed by atoms with Crippen LogP contribution in [0, 0.1) is 0 Å². The van der Waals surface area contributed by atoms with Gasteiger partial charge in [-0.05, 0) is 48.9 Å². The van der Waals surface area contributed by atoms with Crippen LogP contribution in [0.1, 0.15) is 12.0 Å². The zero-order valence-electron chi connectivity index (χ0n) is 18.9. The summed E-state index contributed by atoms with van der Waals surface area (Å²) in [4.78, 5) is 15.3. The predicted octanol–water partition coefficient (Wildman–Crippen LogP) is 2.23. The molecule has 0 aliphatic carbocycles. The number of nitrogens with one attached hydrogen (secondary N) is 3. The van der Waals surface area contributed by atoms with E-state index < -0.39 is 10.0 Å². The minimum absolute atomic E-state index is 0.152. The lowest BCUT2D eigenvalue weighted by Crippen LogP contribution is -2.37. The van der Waals surface area contributed by atoms with Crippen molar-refractivity contribution in [2.45, 2.75) is 17.9 Å². The molecule has 1 aliphatic heterocycles. The van der Waals surface area contributed by atoms with E-state index in [9.17, 15) is 8.42 Å². The Labute approximate surface area is 199 Å². The van der Waals surface area contributed by atoms with Crippen LogP contribution in [-0.4, -0.2) is 67.7 Å². The maximum atomic E-state index is 12.7. The average molecular weight is 484 g/mol. The third kappa shape index (κ3) is 7.19. The second-order valence-electron chi connectivity index (χ2n) is 7.84. The summed E-state index contributed by atoms with van der Waals surface area (Å²) < 4.78 is 33.4. The largest absolute Gasteiger partial charge is 0.379 e. The molecule has 1 saturated heterocycles. The molecular weight excluding hydrogens is 454 g/mol. The van der Waals surface area contributed by atoms with E-state index in [0.29, 0.717) is 17.5 Å². The molecule has 3 N–H and O–H groups in total. The lowest BCUT2D eigenvalue weighted by molar-refractivity contribution is 0.0378. The molecule has 3 aromatic rings. The summed E-state index contributed by atoms with van der Waals surface area (Å²) in [7, 11) is -3.69. The van der Waals surface area contributed by atoms with Gasteiger partial charge >= 0.3 is 0 Å². The van der Waals surface area contributed by atoms with Crippen molar-refractivity contribution in [3.05, 3.63) is 66.6 Å². The van der Waals surface area contributed by atoms with E-state index >= 15 is 0 Å². The highest BCUT2D eigenvalue weighted by Gasteiger charge is 2.15. The maximum absolute atomic E-state index is 12.7. The molecule has 10 nitrogen and oxygen atoms in total. The molecule has 1 aromatic carbocycles. The summed E-state index contributed by atoms with van der Waals surface area (Å²) in [6.07, 6.45) is 5.93. The summed E-state index contributed by atoms with van der Waals surface area (Å²) in [6.45, 7) is 5.54. The standard InChI is InChI=1S/C23H29N7O3S/c31-34(32,27-18-19-4-2-8-24-17-19)21-6-1-5-20(16-21)28-23-26-10-7-22(29-23)25-9-3-11-30-12-14-33-15-13-30/h1-2,4-8,10,16-17,27H,3,9,11-15,18H2,(H2,25,26,28,29). The molecule has 0 saturated carbocycles. The first-order valence-electron chi connectivity index (χ1n) is 11.2. The molecule has 4 rings (SSSR count). The molecule has 180 valence electrons. The van der Waals surface area contributed by atoms with Gasteiger partial charge in [0.05, 0.1) is 18.1 Å². The fraction of sp³-hybridized carbons (Fsp3) is 0.348. The van der Waals surface area contributed by atoms with E-state index in [-0.39, 0.29) is 11.4 Å². The van der Waals surface area contributed by atoms with Crippen LogP contribution in [0.25, 0.3) is 0 Å². The van der Waals surface area contributed by atoms with Crippen molar-refractivity contribution in [3.8, 4) is 0 Å². The zero-order chi connectivity index (χ0) is 23.6. The molecule has 0 radical (unpaired) electrons. The molecule has 0 atom stereocenters. The summed E-state index contributed by atoms with van der Waals surface area (Å²) >= 11 is 0. The van der Waals surface area contributed by atoms with E-state index in [1.807, 2.05) is 12.1 Å². The highest BCUT2D eigenvalue weighted by atomic mass is 32.2. The fourth-order valence-corrected chi connectivity index (χ4v) is 4.56. The minimum atomic E-state index is -3.69. The zero-order valence-corrected chi connectivity index (χ0v) is 19.7. The van der Waals surface area contributed by atoms with Crippen molar-refractivity contribution in [2.24, 2.45) is 0 Å². The van der Waals surface area contributed by atoms with Gasteiger partial charge in [-0.2, -0.15) is 4.98 Å². The van der Waals surface area contributed by atoms with Crippen LogP contribution < -0.4 is 15.4 Å². The Bertz CT molecular complexity index is 1160. The van der Waals surface area contributed by atoms with Crippen LogP contribution in [0.3, 0.4) is 0 Å². The molecule has 1 fully saturated rings. The van der Waals surface area contributed by atoms with Crippen LogP contribution in [-0.2, 0) is 21.3 Å². The number of rotatable bonds is 11. The number of anilines is 3. The van der Waals surface area contributed by atoms with E-state index in [1.165, 1.54) is 0 Å². The summed E-state index contributed by atoms with van der Waals surface area (Å²) in [6, 6.07) is 11.9. The van der Waals surface area contributed by atoms with Crippen molar-refractivity contribution in [1.29, 1.82) is 0 Å². The van der Waals surface area contributed by atoms with Gasteiger partial charge in [-0.1, -0.05) is 12.1 Å². The van der Waals surface area contributed by atoms with E-state index in [1.54, 1.807) is 48.9 Å². The van der Waals surface area contributed by atoms with Gasteiger partial charge in [0.1, 0.15) is 5.82 Å². The van der Waals surface area contributed by atoms with Crippen LogP contribution >= 0.6 is 0 Å². The second-order valence-corrected chi connectivity index (χ2v) is 9.61. The number of sulfonamides is 1. The van der Waals surface area contributed by atoms with Gasteiger partial charge in [-0.25, -0.2) is 18.1 Å². The van der Waals surface area contributed by atoms with Crippen LogP contribution in [0.2, 0.25) is 0 Å². The van der Waals surface area contributed by atoms with Gasteiger partial charge in [0.25, 0.3) is 0 Å². The van der Waals surface area contributed by atoms with Crippen LogP contribution in [0.4, 0.5) is 17.5 Å². The number of benzene rings is 1. The molecule has 0 amide bonds. The van der Waals surface area contributed by atoms with Gasteiger partial charge in [-0.3, -0.25) is 9.88 Å². The number of hydrogen-bond donors (Lipinski definition) is 3. The Morgan fingerprint density at radius 1 is 1.06 bits per heavy atom. The number of hydrogen-bond acceptors (Lipinski definition) is 9. The molecule has 1 aliphatic rings. The Balaban J connectivity index is 1.31. The van der Waals surface area contributed by atoms with E-state index in [4.69, 9.17) is 4.74 Å². The van der Waals surface area contributed by atoms with Gasteiger partial charge in [-0.15, -0.1) is 0 Å². The van der Waals surface area contributed by atoms with Crippen molar-refractivity contribution in [3.63, 3.8) is 0 Å². The van der Waals surface area contributed by atoms with Crippen LogP contribution in [0.5, 0.6) is 0 Å². The topological polar surface area (TPSA) is 121 Å². The number of ether oxygens (including phenoxy) is 1. The first kappa shape index (κ1) is 24.0. The number of nitrogens with zero attached hydrogens (tertiary/aromatic N) is 4. The average Bonchev–Trinajstić information content (AvgIpc) is 2.87. The minimum Gasteiger partial charge on any atom is -0.379 e. The van der Waals surface area contributed by atoms with Crippen molar-refractivity contribution in [2.75, 3.05) is 50.0 Å². The number of morpholine rings is 1. The Morgan fingerprint density at radius 3 is 2.76 bits per heavy atom. The lowest BCUT2D eigenvalue weighted by atomic mass is 10.3. The monoisotopic (exact) mass is 483 g/mol. The van der Waals surface area contributed by atoms with Gasteiger partial charge < -0.3 is 15.4 Å². The molecular formula is C23H29N7O3S. The molecule has 3 heterocycles. The summed E-state index contributed by atoms with van der Waals surface area (Å²) in [5, 5.41) is 6.40. The highest BCUT2D eigenvalue weighted by Crippen LogP contribution is 2.19. The molecule has 34 heavy (non-hydrogen) atoms. The molecule has 0 spiro atoms. The van der Waals surface area contributed by atoms with Gasteiger partial charge in [0, 0.05) is 50.5 Å². The lowest BCUT2D eigenvalue weighted by Gasteiger charge is -2.26. The second kappa shape index (κ2) is 11.8. The van der Waals surface area contributed by atoms with Crippen molar-refractivity contribution < 1.29 is 13.2 Å². The maximum Gasteiger partial charge on any atom is 0.240 e. The van der Waals surface area contributed by atoms with Gasteiger partial charge in [0.2, 0.25) is 16.0 Å². The molecule has 11 heteroatoms. The Morgan fingerprint density at radius 2 is 1.94 bits per heavy atom.